The van der Waals surface area contributed by atoms with Gasteiger partial charge in [-0.2, -0.15) is 0 Å². The molecule has 0 amide bonds. The highest BCUT2D eigenvalue weighted by atomic mass is 32.2. The number of rotatable bonds is 5. The van der Waals surface area contributed by atoms with Crippen molar-refractivity contribution in [2.45, 2.75) is 11.0 Å². The maximum Gasteiger partial charge on any atom is 0.242 e. The molecule has 0 radical (unpaired) electrons. The maximum atomic E-state index is 11.6. The van der Waals surface area contributed by atoms with Gasteiger partial charge in [-0.25, -0.2) is 18.1 Å². The molecule has 7 nitrogen and oxygen atoms in total. The van der Waals surface area contributed by atoms with Crippen LogP contribution in [-0.2, 0) is 10.0 Å². The number of aliphatic hydroxyl groups is 2. The summed E-state index contributed by atoms with van der Waals surface area (Å²) >= 11 is 0. The van der Waals surface area contributed by atoms with Crippen LogP contribution in [0.15, 0.2) is 23.2 Å². The summed E-state index contributed by atoms with van der Waals surface area (Å²) in [5.74, 6) is 0.217. The van der Waals surface area contributed by atoms with E-state index in [4.69, 9.17) is 15.9 Å². The first kappa shape index (κ1) is 12.8. The third-order valence-corrected chi connectivity index (χ3v) is 3.20. The quantitative estimate of drug-likeness (QED) is 0.491. The summed E-state index contributed by atoms with van der Waals surface area (Å²) in [5.41, 5.74) is 5.31. The standard InChI is InChI=1S/C8H13N3O4S/c9-8-2-1-7(4-10-8)16(14,15)11-3-6(13)5-12/h1-2,4,6,11-13H,3,5H2,(H2,9,10). The Morgan fingerprint density at radius 3 is 2.69 bits per heavy atom. The molecule has 90 valence electrons. The summed E-state index contributed by atoms with van der Waals surface area (Å²) in [7, 11) is -3.72. The summed E-state index contributed by atoms with van der Waals surface area (Å²) in [6.45, 7) is -0.772. The smallest absolute Gasteiger partial charge is 0.242 e. The fourth-order valence-electron chi connectivity index (χ4n) is 0.904. The molecule has 1 rings (SSSR count). The molecule has 0 aliphatic rings. The molecule has 0 aliphatic carbocycles. The molecular weight excluding hydrogens is 234 g/mol. The van der Waals surface area contributed by atoms with Crippen LogP contribution in [0.3, 0.4) is 0 Å². The second kappa shape index (κ2) is 5.21. The van der Waals surface area contributed by atoms with Crippen molar-refractivity contribution in [2.75, 3.05) is 18.9 Å². The minimum Gasteiger partial charge on any atom is -0.394 e. The molecule has 5 N–H and O–H groups in total. The lowest BCUT2D eigenvalue weighted by atomic mass is 10.4. The number of nitrogens with two attached hydrogens (primary N) is 1. The lowest BCUT2D eigenvalue weighted by Gasteiger charge is -2.09. The zero-order valence-electron chi connectivity index (χ0n) is 8.37. The number of aromatic nitrogens is 1. The number of anilines is 1. The van der Waals surface area contributed by atoms with E-state index in [1.807, 2.05) is 0 Å². The van der Waals surface area contributed by atoms with Crippen molar-refractivity contribution in [3.05, 3.63) is 18.3 Å². The van der Waals surface area contributed by atoms with Gasteiger partial charge < -0.3 is 15.9 Å². The fraction of sp³-hybridized carbons (Fsp3) is 0.375. The number of nitrogen functional groups attached to an aromatic ring is 1. The molecule has 8 heteroatoms. The predicted octanol–water partition coefficient (Wildman–Crippen LogP) is -1.70. The van der Waals surface area contributed by atoms with E-state index in [9.17, 15) is 8.42 Å². The van der Waals surface area contributed by atoms with Gasteiger partial charge in [0.2, 0.25) is 10.0 Å². The number of hydrogen-bond donors (Lipinski definition) is 4. The van der Waals surface area contributed by atoms with Crippen molar-refractivity contribution in [3.63, 3.8) is 0 Å². The third-order valence-electron chi connectivity index (χ3n) is 1.79. The van der Waals surface area contributed by atoms with Crippen LogP contribution in [0.25, 0.3) is 0 Å². The highest BCUT2D eigenvalue weighted by Crippen LogP contribution is 2.08. The molecule has 0 bridgehead atoms. The van der Waals surface area contributed by atoms with Crippen molar-refractivity contribution >= 4 is 15.8 Å². The Morgan fingerprint density at radius 2 is 2.19 bits per heavy atom. The van der Waals surface area contributed by atoms with E-state index in [2.05, 4.69) is 9.71 Å². The van der Waals surface area contributed by atoms with E-state index in [1.165, 1.54) is 12.1 Å². The lowest BCUT2D eigenvalue weighted by molar-refractivity contribution is 0.0988. The monoisotopic (exact) mass is 247 g/mol. The van der Waals surface area contributed by atoms with Gasteiger partial charge in [0.05, 0.1) is 12.7 Å². The second-order valence-corrected chi connectivity index (χ2v) is 4.87. The number of nitrogens with zero attached hydrogens (tertiary/aromatic N) is 1. The molecule has 0 saturated heterocycles. The topological polar surface area (TPSA) is 126 Å². The maximum absolute atomic E-state index is 11.6. The Bertz CT molecular complexity index is 431. The number of sulfonamides is 1. The van der Waals surface area contributed by atoms with E-state index in [1.54, 1.807) is 0 Å². The number of pyridine rings is 1. The summed E-state index contributed by atoms with van der Waals surface area (Å²) in [5, 5.41) is 17.5. The first-order valence-corrected chi connectivity index (χ1v) is 5.94. The Morgan fingerprint density at radius 1 is 1.50 bits per heavy atom. The third kappa shape index (κ3) is 3.42. The molecule has 1 aromatic rings. The highest BCUT2D eigenvalue weighted by molar-refractivity contribution is 7.89. The summed E-state index contributed by atoms with van der Waals surface area (Å²) in [4.78, 5) is 3.59. The van der Waals surface area contributed by atoms with Crippen molar-refractivity contribution in [1.29, 1.82) is 0 Å². The van der Waals surface area contributed by atoms with Crippen LogP contribution in [0.4, 0.5) is 5.82 Å². The molecule has 1 unspecified atom stereocenters. The Kier molecular flexibility index (Phi) is 4.19. The normalized spacial score (nSPS) is 13.6. The molecule has 1 atom stereocenters. The molecule has 0 aromatic carbocycles. The first-order chi connectivity index (χ1) is 7.45. The van der Waals surface area contributed by atoms with Gasteiger partial charge in [-0.15, -0.1) is 0 Å². The number of aliphatic hydroxyl groups excluding tert-OH is 2. The van der Waals surface area contributed by atoms with Gasteiger partial charge in [0.25, 0.3) is 0 Å². The van der Waals surface area contributed by atoms with E-state index in [-0.39, 0.29) is 17.3 Å². The van der Waals surface area contributed by atoms with E-state index >= 15 is 0 Å². The summed E-state index contributed by atoms with van der Waals surface area (Å²) in [6.07, 6.45) is -0.0141. The van der Waals surface area contributed by atoms with Gasteiger partial charge in [0.15, 0.2) is 0 Å². The molecule has 1 heterocycles. The van der Waals surface area contributed by atoms with Gasteiger partial charge in [-0.3, -0.25) is 0 Å². The SMILES string of the molecule is Nc1ccc(S(=O)(=O)NCC(O)CO)cn1. The van der Waals surface area contributed by atoms with Crippen molar-refractivity contribution in [1.82, 2.24) is 9.71 Å². The molecular formula is C8H13N3O4S. The zero-order valence-corrected chi connectivity index (χ0v) is 9.18. The van der Waals surface area contributed by atoms with Crippen LogP contribution in [0.2, 0.25) is 0 Å². The molecule has 0 fully saturated rings. The Hall–Kier alpha value is -1.22. The minimum absolute atomic E-state index is 0.0492. The molecule has 0 saturated carbocycles. The van der Waals surface area contributed by atoms with Gasteiger partial charge in [-0.1, -0.05) is 0 Å². The Labute approximate surface area is 93.0 Å². The van der Waals surface area contributed by atoms with Crippen LogP contribution in [-0.4, -0.2) is 42.9 Å². The fourth-order valence-corrected chi connectivity index (χ4v) is 1.92. The minimum atomic E-state index is -3.72. The van der Waals surface area contributed by atoms with Gasteiger partial charge in [0, 0.05) is 12.7 Å². The number of hydrogen-bond acceptors (Lipinski definition) is 6. The molecule has 0 spiro atoms. The average molecular weight is 247 g/mol. The lowest BCUT2D eigenvalue weighted by Crippen LogP contribution is -2.33. The van der Waals surface area contributed by atoms with E-state index in [0.717, 1.165) is 6.20 Å². The summed E-state index contributed by atoms with van der Waals surface area (Å²) < 4.78 is 25.3. The molecule has 0 aliphatic heterocycles. The van der Waals surface area contributed by atoms with Gasteiger partial charge >= 0.3 is 0 Å². The highest BCUT2D eigenvalue weighted by Gasteiger charge is 2.15. The Balaban J connectivity index is 2.74. The van der Waals surface area contributed by atoms with Crippen LogP contribution >= 0.6 is 0 Å². The van der Waals surface area contributed by atoms with E-state index < -0.39 is 22.7 Å². The zero-order chi connectivity index (χ0) is 12.2. The number of nitrogens with one attached hydrogen (secondary N) is 1. The first-order valence-electron chi connectivity index (χ1n) is 4.46. The summed E-state index contributed by atoms with van der Waals surface area (Å²) in [6, 6.07) is 2.66. The van der Waals surface area contributed by atoms with Crippen molar-refractivity contribution < 1.29 is 18.6 Å². The predicted molar refractivity (Wildman–Crippen MR) is 56.9 cm³/mol. The van der Waals surface area contributed by atoms with E-state index in [0.29, 0.717) is 0 Å². The molecule has 16 heavy (non-hydrogen) atoms. The van der Waals surface area contributed by atoms with Gasteiger partial charge in [-0.05, 0) is 12.1 Å². The van der Waals surface area contributed by atoms with Crippen molar-refractivity contribution in [2.24, 2.45) is 0 Å². The average Bonchev–Trinajstić information content (AvgIpc) is 2.26. The van der Waals surface area contributed by atoms with Crippen LogP contribution in [0.1, 0.15) is 0 Å². The largest absolute Gasteiger partial charge is 0.394 e. The van der Waals surface area contributed by atoms with Crippen LogP contribution < -0.4 is 10.5 Å². The van der Waals surface area contributed by atoms with Crippen LogP contribution in [0, 0.1) is 0 Å². The van der Waals surface area contributed by atoms with Crippen molar-refractivity contribution in [3.8, 4) is 0 Å². The van der Waals surface area contributed by atoms with Gasteiger partial charge in [0.1, 0.15) is 10.7 Å². The second-order valence-electron chi connectivity index (χ2n) is 3.11. The van der Waals surface area contributed by atoms with Crippen LogP contribution in [0.5, 0.6) is 0 Å². The molecule has 1 aromatic heterocycles.